The van der Waals surface area contributed by atoms with E-state index in [9.17, 15) is 0 Å². The molecular formula is C14H20N4. The van der Waals surface area contributed by atoms with Crippen LogP contribution in [-0.2, 0) is 13.1 Å². The molecule has 4 heteroatoms. The summed E-state index contributed by atoms with van der Waals surface area (Å²) in [5.41, 5.74) is 7.98. The summed E-state index contributed by atoms with van der Waals surface area (Å²) in [6, 6.07) is 6.85. The van der Waals surface area contributed by atoms with Gasteiger partial charge in [-0.1, -0.05) is 12.8 Å². The average Bonchev–Trinajstić information content (AvgIpc) is 3.10. The van der Waals surface area contributed by atoms with E-state index in [1.807, 2.05) is 6.07 Å². The second-order valence-corrected chi connectivity index (χ2v) is 5.06. The summed E-state index contributed by atoms with van der Waals surface area (Å²) in [6.07, 6.45) is 9.43. The smallest absolute Gasteiger partial charge is 0.0821 e. The lowest BCUT2D eigenvalue weighted by atomic mass is 10.3. The Bertz CT molecular complexity index is 505. The third-order valence-corrected chi connectivity index (χ3v) is 3.83. The largest absolute Gasteiger partial charge is 0.344 e. The molecule has 18 heavy (non-hydrogen) atoms. The summed E-state index contributed by atoms with van der Waals surface area (Å²) in [5, 5.41) is 4.70. The summed E-state index contributed by atoms with van der Waals surface area (Å²) in [4.78, 5) is 0. The molecule has 1 aliphatic carbocycles. The highest BCUT2D eigenvalue weighted by Crippen LogP contribution is 2.28. The molecule has 96 valence electrons. The Balaban J connectivity index is 1.73. The SMILES string of the molecule is NCc1cccn1Cc1ccn(C2CCCC2)n1. The Morgan fingerprint density at radius 1 is 1.22 bits per heavy atom. The van der Waals surface area contributed by atoms with Crippen molar-refractivity contribution in [3.8, 4) is 0 Å². The van der Waals surface area contributed by atoms with Crippen LogP contribution in [0.3, 0.4) is 0 Å². The minimum Gasteiger partial charge on any atom is -0.344 e. The molecule has 2 aromatic rings. The van der Waals surface area contributed by atoms with Crippen molar-refractivity contribution in [1.29, 1.82) is 0 Å². The van der Waals surface area contributed by atoms with Crippen LogP contribution in [0.1, 0.15) is 43.1 Å². The molecule has 0 aliphatic heterocycles. The molecule has 3 rings (SSSR count). The van der Waals surface area contributed by atoms with Gasteiger partial charge in [-0.05, 0) is 31.0 Å². The maximum absolute atomic E-state index is 5.71. The highest BCUT2D eigenvalue weighted by molar-refractivity contribution is 5.10. The summed E-state index contributed by atoms with van der Waals surface area (Å²) < 4.78 is 4.31. The van der Waals surface area contributed by atoms with E-state index in [1.165, 1.54) is 25.7 Å². The third-order valence-electron chi connectivity index (χ3n) is 3.83. The Hall–Kier alpha value is -1.55. The zero-order valence-electron chi connectivity index (χ0n) is 10.6. The number of hydrogen-bond donors (Lipinski definition) is 1. The highest BCUT2D eigenvalue weighted by atomic mass is 15.3. The third kappa shape index (κ3) is 2.20. The van der Waals surface area contributed by atoms with Crippen molar-refractivity contribution in [2.24, 2.45) is 5.73 Å². The van der Waals surface area contributed by atoms with Gasteiger partial charge in [0.1, 0.15) is 0 Å². The van der Waals surface area contributed by atoms with Crippen molar-refractivity contribution < 1.29 is 0 Å². The van der Waals surface area contributed by atoms with Gasteiger partial charge in [-0.3, -0.25) is 4.68 Å². The predicted octanol–water partition coefficient (Wildman–Crippen LogP) is 2.31. The van der Waals surface area contributed by atoms with Gasteiger partial charge in [0.05, 0.1) is 18.3 Å². The second-order valence-electron chi connectivity index (χ2n) is 5.06. The molecule has 0 spiro atoms. The first-order chi connectivity index (χ1) is 8.86. The zero-order valence-corrected chi connectivity index (χ0v) is 10.6. The molecule has 0 aromatic carbocycles. The van der Waals surface area contributed by atoms with Crippen LogP contribution >= 0.6 is 0 Å². The van der Waals surface area contributed by atoms with Crippen LogP contribution in [0.2, 0.25) is 0 Å². The minimum atomic E-state index is 0.580. The molecule has 0 saturated heterocycles. The zero-order chi connectivity index (χ0) is 12.4. The van der Waals surface area contributed by atoms with Gasteiger partial charge in [0.2, 0.25) is 0 Å². The summed E-state index contributed by atoms with van der Waals surface area (Å²) in [6.45, 7) is 1.40. The van der Waals surface area contributed by atoms with E-state index in [4.69, 9.17) is 10.8 Å². The predicted molar refractivity (Wildman–Crippen MR) is 71.2 cm³/mol. The van der Waals surface area contributed by atoms with Gasteiger partial charge in [-0.2, -0.15) is 5.10 Å². The van der Waals surface area contributed by atoms with Gasteiger partial charge in [0.15, 0.2) is 0 Å². The van der Waals surface area contributed by atoms with Crippen molar-refractivity contribution in [2.75, 3.05) is 0 Å². The quantitative estimate of drug-likeness (QED) is 0.897. The maximum atomic E-state index is 5.71. The molecule has 1 fully saturated rings. The van der Waals surface area contributed by atoms with Gasteiger partial charge in [0.25, 0.3) is 0 Å². The first kappa shape index (κ1) is 11.5. The van der Waals surface area contributed by atoms with E-state index >= 15 is 0 Å². The number of rotatable bonds is 4. The van der Waals surface area contributed by atoms with Crippen LogP contribution < -0.4 is 5.73 Å². The fourth-order valence-electron chi connectivity index (χ4n) is 2.80. The minimum absolute atomic E-state index is 0.580. The number of nitrogens with two attached hydrogens (primary N) is 1. The molecule has 1 saturated carbocycles. The number of nitrogens with zero attached hydrogens (tertiary/aromatic N) is 3. The number of aromatic nitrogens is 3. The first-order valence-electron chi connectivity index (χ1n) is 6.75. The maximum Gasteiger partial charge on any atom is 0.0821 e. The molecule has 0 unspecified atom stereocenters. The summed E-state index contributed by atoms with van der Waals surface area (Å²) >= 11 is 0. The topological polar surface area (TPSA) is 48.8 Å². The molecule has 4 nitrogen and oxygen atoms in total. The van der Waals surface area contributed by atoms with Gasteiger partial charge < -0.3 is 10.3 Å². The first-order valence-corrected chi connectivity index (χ1v) is 6.75. The molecule has 0 amide bonds. The normalized spacial score (nSPS) is 16.5. The van der Waals surface area contributed by atoms with Crippen LogP contribution in [0.4, 0.5) is 0 Å². The van der Waals surface area contributed by atoms with E-state index in [0.717, 1.165) is 17.9 Å². The van der Waals surface area contributed by atoms with Crippen molar-refractivity contribution in [3.05, 3.63) is 42.0 Å². The molecule has 1 aliphatic rings. The van der Waals surface area contributed by atoms with E-state index in [-0.39, 0.29) is 0 Å². The Labute approximate surface area is 107 Å². The Morgan fingerprint density at radius 2 is 2.06 bits per heavy atom. The lowest BCUT2D eigenvalue weighted by Crippen LogP contribution is -2.09. The van der Waals surface area contributed by atoms with E-state index in [2.05, 4.69) is 33.8 Å². The Morgan fingerprint density at radius 3 is 2.83 bits per heavy atom. The van der Waals surface area contributed by atoms with Crippen LogP contribution in [0, 0.1) is 0 Å². The average molecular weight is 244 g/mol. The lowest BCUT2D eigenvalue weighted by molar-refractivity contribution is 0.461. The monoisotopic (exact) mass is 244 g/mol. The molecule has 2 heterocycles. The van der Waals surface area contributed by atoms with Gasteiger partial charge in [0, 0.05) is 24.6 Å². The van der Waals surface area contributed by atoms with E-state index in [1.54, 1.807) is 0 Å². The van der Waals surface area contributed by atoms with Gasteiger partial charge >= 0.3 is 0 Å². The number of hydrogen-bond acceptors (Lipinski definition) is 2. The van der Waals surface area contributed by atoms with Crippen LogP contribution in [0.15, 0.2) is 30.6 Å². The standard InChI is InChI=1S/C14H20N4/c15-10-14-6-3-8-17(14)11-12-7-9-18(16-12)13-4-1-2-5-13/h3,6-9,13H,1-2,4-5,10-11,15H2. The summed E-state index contributed by atoms with van der Waals surface area (Å²) in [7, 11) is 0. The van der Waals surface area contributed by atoms with Gasteiger partial charge in [-0.25, -0.2) is 0 Å². The van der Waals surface area contributed by atoms with Crippen LogP contribution in [0.5, 0.6) is 0 Å². The van der Waals surface area contributed by atoms with Crippen LogP contribution in [-0.4, -0.2) is 14.3 Å². The molecule has 2 aromatic heterocycles. The fraction of sp³-hybridized carbons (Fsp3) is 0.500. The van der Waals surface area contributed by atoms with Gasteiger partial charge in [-0.15, -0.1) is 0 Å². The molecule has 2 N–H and O–H groups in total. The highest BCUT2D eigenvalue weighted by Gasteiger charge is 2.17. The van der Waals surface area contributed by atoms with E-state index < -0.39 is 0 Å². The van der Waals surface area contributed by atoms with E-state index in [0.29, 0.717) is 12.6 Å². The van der Waals surface area contributed by atoms with Crippen LogP contribution in [0.25, 0.3) is 0 Å². The van der Waals surface area contributed by atoms with Crippen molar-refractivity contribution in [3.63, 3.8) is 0 Å². The molecule has 0 bridgehead atoms. The van der Waals surface area contributed by atoms with Crippen molar-refractivity contribution in [1.82, 2.24) is 14.3 Å². The lowest BCUT2D eigenvalue weighted by Gasteiger charge is -2.09. The molecule has 0 radical (unpaired) electrons. The second kappa shape index (κ2) is 4.98. The fourth-order valence-corrected chi connectivity index (χ4v) is 2.80. The Kier molecular flexibility index (Phi) is 3.19. The molecule has 0 atom stereocenters. The molecular weight excluding hydrogens is 224 g/mol. The van der Waals surface area contributed by atoms with Crippen molar-refractivity contribution >= 4 is 0 Å². The summed E-state index contributed by atoms with van der Waals surface area (Å²) in [5.74, 6) is 0. The van der Waals surface area contributed by atoms with Crippen molar-refractivity contribution in [2.45, 2.75) is 44.8 Å².